The maximum atomic E-state index is 5.59. The van der Waals surface area contributed by atoms with Crippen LogP contribution >= 0.6 is 0 Å². The molecule has 2 aliphatic rings. The molecule has 2 aliphatic heterocycles. The van der Waals surface area contributed by atoms with Crippen LogP contribution in [0.15, 0.2) is 12.4 Å². The van der Waals surface area contributed by atoms with Crippen LogP contribution in [0.5, 0.6) is 0 Å². The number of nitrogens with zero attached hydrogens (tertiary/aromatic N) is 3. The summed E-state index contributed by atoms with van der Waals surface area (Å²) in [4.78, 5) is 11.0. The van der Waals surface area contributed by atoms with Crippen molar-refractivity contribution in [3.63, 3.8) is 0 Å². The average Bonchev–Trinajstić information content (AvgIpc) is 2.33. The molecular formula is C13H21N5. The molecule has 3 N–H and O–H groups in total. The summed E-state index contributed by atoms with van der Waals surface area (Å²) in [5.74, 6) is 0.705. The Hall–Kier alpha value is -1.36. The lowest BCUT2D eigenvalue weighted by Gasteiger charge is -2.47. The van der Waals surface area contributed by atoms with Gasteiger partial charge in [-0.05, 0) is 32.7 Å². The minimum Gasteiger partial charge on any atom is -0.396 e. The van der Waals surface area contributed by atoms with E-state index in [2.05, 4.69) is 27.2 Å². The van der Waals surface area contributed by atoms with Crippen LogP contribution < -0.4 is 11.1 Å². The second-order valence-electron chi connectivity index (χ2n) is 5.56. The molecule has 0 radical (unpaired) electrons. The molecule has 0 aromatic carbocycles. The highest BCUT2D eigenvalue weighted by Crippen LogP contribution is 2.33. The molecule has 2 fully saturated rings. The summed E-state index contributed by atoms with van der Waals surface area (Å²) in [6.07, 6.45) is 9.74. The molecule has 0 saturated carbocycles. The van der Waals surface area contributed by atoms with Crippen molar-refractivity contribution >= 4 is 11.6 Å². The monoisotopic (exact) mass is 247 g/mol. The van der Waals surface area contributed by atoms with Gasteiger partial charge in [0.15, 0.2) is 0 Å². The number of anilines is 2. The summed E-state index contributed by atoms with van der Waals surface area (Å²) < 4.78 is 0. The van der Waals surface area contributed by atoms with Gasteiger partial charge in [0, 0.05) is 18.1 Å². The molecule has 98 valence electrons. The van der Waals surface area contributed by atoms with Gasteiger partial charge in [0.2, 0.25) is 5.95 Å². The minimum atomic E-state index is 0.500. The Labute approximate surface area is 108 Å². The smallest absolute Gasteiger partial charge is 0.222 e. The van der Waals surface area contributed by atoms with Crippen molar-refractivity contribution in [3.05, 3.63) is 12.4 Å². The zero-order valence-electron chi connectivity index (χ0n) is 10.8. The van der Waals surface area contributed by atoms with E-state index in [-0.39, 0.29) is 0 Å². The van der Waals surface area contributed by atoms with E-state index in [1.54, 1.807) is 12.4 Å². The van der Waals surface area contributed by atoms with Crippen LogP contribution in [0.3, 0.4) is 0 Å². The summed E-state index contributed by atoms with van der Waals surface area (Å²) in [7, 11) is 2.27. The van der Waals surface area contributed by atoms with Gasteiger partial charge in [0.1, 0.15) is 0 Å². The predicted molar refractivity (Wildman–Crippen MR) is 72.3 cm³/mol. The van der Waals surface area contributed by atoms with E-state index in [0.717, 1.165) is 12.1 Å². The van der Waals surface area contributed by atoms with Gasteiger partial charge in [-0.1, -0.05) is 6.42 Å². The molecule has 3 rings (SSSR count). The molecule has 18 heavy (non-hydrogen) atoms. The third-order valence-corrected chi connectivity index (χ3v) is 4.34. The molecule has 2 bridgehead atoms. The zero-order chi connectivity index (χ0) is 12.5. The fraction of sp³-hybridized carbons (Fsp3) is 0.692. The molecule has 0 amide bonds. The fourth-order valence-electron chi connectivity index (χ4n) is 3.33. The Kier molecular flexibility index (Phi) is 3.07. The first kappa shape index (κ1) is 11.7. The number of nitrogens with one attached hydrogen (secondary N) is 1. The van der Waals surface area contributed by atoms with Crippen LogP contribution in [0.4, 0.5) is 11.6 Å². The summed E-state index contributed by atoms with van der Waals surface area (Å²) >= 11 is 0. The van der Waals surface area contributed by atoms with Crippen molar-refractivity contribution in [2.75, 3.05) is 18.1 Å². The van der Waals surface area contributed by atoms with Gasteiger partial charge in [0.05, 0.1) is 18.1 Å². The van der Waals surface area contributed by atoms with Crippen LogP contribution in [0.2, 0.25) is 0 Å². The van der Waals surface area contributed by atoms with Crippen molar-refractivity contribution < 1.29 is 0 Å². The quantitative estimate of drug-likeness (QED) is 0.828. The highest BCUT2D eigenvalue weighted by Gasteiger charge is 2.35. The third-order valence-electron chi connectivity index (χ3n) is 4.34. The predicted octanol–water partition coefficient (Wildman–Crippen LogP) is 1.49. The third kappa shape index (κ3) is 2.27. The highest BCUT2D eigenvalue weighted by molar-refractivity contribution is 5.36. The number of fused-ring (bicyclic) bond motifs is 2. The number of nitrogens with two attached hydrogens (primary N) is 1. The number of nitrogen functional groups attached to an aromatic ring is 1. The molecular weight excluding hydrogens is 226 g/mol. The lowest BCUT2D eigenvalue weighted by molar-refractivity contribution is 0.0607. The second-order valence-corrected chi connectivity index (χ2v) is 5.56. The van der Waals surface area contributed by atoms with Crippen LogP contribution in [0.1, 0.15) is 32.1 Å². The molecule has 2 atom stereocenters. The molecule has 0 spiro atoms. The van der Waals surface area contributed by atoms with Crippen LogP contribution in [0, 0.1) is 0 Å². The normalized spacial score (nSPS) is 32.2. The molecule has 1 aromatic rings. The minimum absolute atomic E-state index is 0.500. The van der Waals surface area contributed by atoms with Gasteiger partial charge in [-0.25, -0.2) is 9.97 Å². The van der Waals surface area contributed by atoms with E-state index in [0.29, 0.717) is 17.7 Å². The van der Waals surface area contributed by atoms with Crippen LogP contribution in [-0.2, 0) is 0 Å². The van der Waals surface area contributed by atoms with Crippen molar-refractivity contribution in [3.8, 4) is 0 Å². The maximum absolute atomic E-state index is 5.59. The number of hydrogen-bond acceptors (Lipinski definition) is 5. The summed E-state index contributed by atoms with van der Waals surface area (Å²) in [6, 6.07) is 1.95. The number of piperidine rings is 2. The Morgan fingerprint density at radius 2 is 1.83 bits per heavy atom. The highest BCUT2D eigenvalue weighted by atomic mass is 15.2. The van der Waals surface area contributed by atoms with Crippen molar-refractivity contribution in [1.29, 1.82) is 0 Å². The first-order valence-electron chi connectivity index (χ1n) is 6.78. The van der Waals surface area contributed by atoms with Crippen molar-refractivity contribution in [2.45, 2.75) is 50.2 Å². The molecule has 2 unspecified atom stereocenters. The van der Waals surface area contributed by atoms with E-state index >= 15 is 0 Å². The van der Waals surface area contributed by atoms with Crippen LogP contribution in [0.25, 0.3) is 0 Å². The van der Waals surface area contributed by atoms with Crippen LogP contribution in [-0.4, -0.2) is 40.0 Å². The van der Waals surface area contributed by atoms with E-state index in [4.69, 9.17) is 5.73 Å². The summed E-state index contributed by atoms with van der Waals surface area (Å²) in [5, 5.41) is 3.45. The standard InChI is InChI=1S/C13H21N5/c1-18-11-3-2-4-12(18)6-10(5-11)17-13-15-7-9(14)8-16-13/h7-8,10-12H,2-6,14H2,1H3,(H,15,16,17). The van der Waals surface area contributed by atoms with Gasteiger partial charge >= 0.3 is 0 Å². The second kappa shape index (κ2) is 4.72. The Morgan fingerprint density at radius 1 is 1.22 bits per heavy atom. The summed E-state index contributed by atoms with van der Waals surface area (Å²) in [6.45, 7) is 0. The van der Waals surface area contributed by atoms with Crippen molar-refractivity contribution in [2.24, 2.45) is 0 Å². The molecule has 1 aromatic heterocycles. The van der Waals surface area contributed by atoms with Gasteiger partial charge in [-0.3, -0.25) is 0 Å². The first-order chi connectivity index (χ1) is 8.72. The van der Waals surface area contributed by atoms with E-state index in [1.807, 2.05) is 0 Å². The lowest BCUT2D eigenvalue weighted by Crippen LogP contribution is -2.52. The maximum Gasteiger partial charge on any atom is 0.222 e. The summed E-state index contributed by atoms with van der Waals surface area (Å²) in [5.41, 5.74) is 6.21. The largest absolute Gasteiger partial charge is 0.396 e. The zero-order valence-corrected chi connectivity index (χ0v) is 10.8. The Bertz CT molecular complexity index is 390. The number of aromatic nitrogens is 2. The Balaban J connectivity index is 1.66. The SMILES string of the molecule is CN1C2CCCC1CC(Nc1ncc(N)cn1)C2. The van der Waals surface area contributed by atoms with Gasteiger partial charge in [-0.15, -0.1) is 0 Å². The molecule has 5 heteroatoms. The molecule has 2 saturated heterocycles. The van der Waals surface area contributed by atoms with Gasteiger partial charge < -0.3 is 16.0 Å². The lowest BCUT2D eigenvalue weighted by atomic mass is 9.82. The molecule has 0 aliphatic carbocycles. The van der Waals surface area contributed by atoms with E-state index < -0.39 is 0 Å². The van der Waals surface area contributed by atoms with E-state index in [9.17, 15) is 0 Å². The van der Waals surface area contributed by atoms with Gasteiger partial charge in [-0.2, -0.15) is 0 Å². The topological polar surface area (TPSA) is 67.1 Å². The number of rotatable bonds is 2. The molecule has 3 heterocycles. The van der Waals surface area contributed by atoms with Crippen molar-refractivity contribution in [1.82, 2.24) is 14.9 Å². The Morgan fingerprint density at radius 3 is 2.44 bits per heavy atom. The first-order valence-corrected chi connectivity index (χ1v) is 6.78. The average molecular weight is 247 g/mol. The van der Waals surface area contributed by atoms with E-state index in [1.165, 1.54) is 32.1 Å². The fourth-order valence-corrected chi connectivity index (χ4v) is 3.33. The molecule has 5 nitrogen and oxygen atoms in total. The number of hydrogen-bond donors (Lipinski definition) is 2. The van der Waals surface area contributed by atoms with Gasteiger partial charge in [0.25, 0.3) is 0 Å².